The standard InChI is InChI=1S/C17H30N4/c1-15(12-20-9-3-4-10-20)13-21-14-19-11-16(21)17(2)5-7-18-8-6-17/h11,14-15,18H,3-10,12-13H2,1-2H3. The van der Waals surface area contributed by atoms with Crippen molar-refractivity contribution in [1.82, 2.24) is 19.8 Å². The average molecular weight is 290 g/mol. The minimum Gasteiger partial charge on any atom is -0.334 e. The van der Waals surface area contributed by atoms with Gasteiger partial charge in [-0.1, -0.05) is 13.8 Å². The summed E-state index contributed by atoms with van der Waals surface area (Å²) in [5.41, 5.74) is 1.74. The normalized spacial score (nSPS) is 24.3. The number of hydrogen-bond acceptors (Lipinski definition) is 3. The third-order valence-electron chi connectivity index (χ3n) is 5.31. The van der Waals surface area contributed by atoms with Crippen LogP contribution in [0.1, 0.15) is 45.2 Å². The van der Waals surface area contributed by atoms with Crippen molar-refractivity contribution in [3.63, 3.8) is 0 Å². The smallest absolute Gasteiger partial charge is 0.0948 e. The fourth-order valence-electron chi connectivity index (χ4n) is 4.00. The predicted octanol–water partition coefficient (Wildman–Crippen LogP) is 2.26. The van der Waals surface area contributed by atoms with E-state index in [-0.39, 0.29) is 0 Å². The van der Waals surface area contributed by atoms with Crippen LogP contribution in [-0.4, -0.2) is 47.2 Å². The molecule has 0 aromatic carbocycles. The van der Waals surface area contributed by atoms with Crippen LogP contribution >= 0.6 is 0 Å². The van der Waals surface area contributed by atoms with Crippen LogP contribution in [-0.2, 0) is 12.0 Å². The molecule has 0 aliphatic carbocycles. The van der Waals surface area contributed by atoms with Crippen molar-refractivity contribution in [3.8, 4) is 0 Å². The quantitative estimate of drug-likeness (QED) is 0.903. The Labute approximate surface area is 128 Å². The Bertz CT molecular complexity index is 441. The van der Waals surface area contributed by atoms with Gasteiger partial charge in [0, 0.05) is 30.4 Å². The van der Waals surface area contributed by atoms with Gasteiger partial charge in [-0.05, 0) is 57.8 Å². The monoisotopic (exact) mass is 290 g/mol. The minimum atomic E-state index is 0.301. The van der Waals surface area contributed by atoms with Gasteiger partial charge in [0.2, 0.25) is 0 Å². The predicted molar refractivity (Wildman–Crippen MR) is 86.5 cm³/mol. The van der Waals surface area contributed by atoms with Crippen LogP contribution in [0.3, 0.4) is 0 Å². The third kappa shape index (κ3) is 3.49. The highest BCUT2D eigenvalue weighted by Crippen LogP contribution is 2.32. The summed E-state index contributed by atoms with van der Waals surface area (Å²) in [6, 6.07) is 0. The van der Waals surface area contributed by atoms with E-state index < -0.39 is 0 Å². The first-order chi connectivity index (χ1) is 10.2. The molecule has 1 aromatic heterocycles. The molecule has 1 unspecified atom stereocenters. The van der Waals surface area contributed by atoms with Crippen molar-refractivity contribution in [3.05, 3.63) is 18.2 Å². The Hall–Kier alpha value is -0.870. The molecule has 2 fully saturated rings. The number of nitrogens with one attached hydrogen (secondary N) is 1. The summed E-state index contributed by atoms with van der Waals surface area (Å²) in [5.74, 6) is 0.696. The van der Waals surface area contributed by atoms with Gasteiger partial charge in [0.05, 0.1) is 6.33 Å². The van der Waals surface area contributed by atoms with Crippen molar-refractivity contribution in [2.75, 3.05) is 32.7 Å². The summed E-state index contributed by atoms with van der Waals surface area (Å²) in [6.45, 7) is 12.0. The SMILES string of the molecule is CC(CN1CCCC1)Cn1cncc1C1(C)CCNCC1. The van der Waals surface area contributed by atoms with Crippen LogP contribution in [0.5, 0.6) is 0 Å². The highest BCUT2D eigenvalue weighted by molar-refractivity contribution is 5.15. The summed E-state index contributed by atoms with van der Waals surface area (Å²) >= 11 is 0. The lowest BCUT2D eigenvalue weighted by Crippen LogP contribution is -2.39. The lowest BCUT2D eigenvalue weighted by Gasteiger charge is -2.35. The molecule has 0 radical (unpaired) electrons. The van der Waals surface area contributed by atoms with Gasteiger partial charge < -0.3 is 14.8 Å². The third-order valence-corrected chi connectivity index (χ3v) is 5.31. The molecular weight excluding hydrogens is 260 g/mol. The molecule has 3 rings (SSSR count). The van der Waals surface area contributed by atoms with E-state index in [4.69, 9.17) is 0 Å². The van der Waals surface area contributed by atoms with E-state index >= 15 is 0 Å². The molecule has 0 saturated carbocycles. The Morgan fingerprint density at radius 1 is 1.24 bits per heavy atom. The van der Waals surface area contributed by atoms with Gasteiger partial charge in [-0.2, -0.15) is 0 Å². The van der Waals surface area contributed by atoms with Crippen LogP contribution in [0.15, 0.2) is 12.5 Å². The summed E-state index contributed by atoms with van der Waals surface area (Å²) in [7, 11) is 0. The molecule has 4 heteroatoms. The van der Waals surface area contributed by atoms with E-state index in [1.54, 1.807) is 0 Å². The molecule has 1 atom stereocenters. The lowest BCUT2D eigenvalue weighted by atomic mass is 9.78. The zero-order valence-electron chi connectivity index (χ0n) is 13.6. The molecule has 3 heterocycles. The second-order valence-corrected chi connectivity index (χ2v) is 7.35. The van der Waals surface area contributed by atoms with Gasteiger partial charge >= 0.3 is 0 Å². The van der Waals surface area contributed by atoms with E-state index in [9.17, 15) is 0 Å². The first kappa shape index (κ1) is 15.0. The van der Waals surface area contributed by atoms with Gasteiger partial charge in [-0.25, -0.2) is 4.98 Å². The van der Waals surface area contributed by atoms with E-state index in [1.165, 1.54) is 51.0 Å². The molecule has 1 aromatic rings. The Kier molecular flexibility index (Phi) is 4.65. The summed E-state index contributed by atoms with van der Waals surface area (Å²) in [5, 5.41) is 3.47. The van der Waals surface area contributed by atoms with Gasteiger partial charge in [-0.15, -0.1) is 0 Å². The minimum absolute atomic E-state index is 0.301. The first-order valence-electron chi connectivity index (χ1n) is 8.61. The van der Waals surface area contributed by atoms with Gasteiger partial charge in [-0.3, -0.25) is 0 Å². The lowest BCUT2D eigenvalue weighted by molar-refractivity contribution is 0.261. The molecule has 2 aliphatic rings. The molecule has 1 N–H and O–H groups in total. The molecule has 2 saturated heterocycles. The fourth-order valence-corrected chi connectivity index (χ4v) is 4.00. The highest BCUT2D eigenvalue weighted by atomic mass is 15.1. The van der Waals surface area contributed by atoms with Gasteiger partial charge in [0.1, 0.15) is 0 Å². The average Bonchev–Trinajstić information content (AvgIpc) is 3.11. The van der Waals surface area contributed by atoms with E-state index in [0.717, 1.165) is 19.6 Å². The molecule has 0 bridgehead atoms. The summed E-state index contributed by atoms with van der Waals surface area (Å²) in [6.07, 6.45) is 9.36. The largest absolute Gasteiger partial charge is 0.334 e. The van der Waals surface area contributed by atoms with Crippen LogP contribution in [0.4, 0.5) is 0 Å². The van der Waals surface area contributed by atoms with Crippen LogP contribution in [0.2, 0.25) is 0 Å². The first-order valence-corrected chi connectivity index (χ1v) is 8.61. The van der Waals surface area contributed by atoms with E-state index in [0.29, 0.717) is 11.3 Å². The van der Waals surface area contributed by atoms with Crippen LogP contribution in [0, 0.1) is 5.92 Å². The molecule has 2 aliphatic heterocycles. The van der Waals surface area contributed by atoms with Gasteiger partial charge in [0.15, 0.2) is 0 Å². The molecule has 21 heavy (non-hydrogen) atoms. The topological polar surface area (TPSA) is 33.1 Å². The van der Waals surface area contributed by atoms with Crippen molar-refractivity contribution in [1.29, 1.82) is 0 Å². The number of likely N-dealkylation sites (tertiary alicyclic amines) is 1. The number of rotatable bonds is 5. The maximum absolute atomic E-state index is 4.46. The van der Waals surface area contributed by atoms with E-state index in [1.807, 2.05) is 6.33 Å². The number of aromatic nitrogens is 2. The number of piperidine rings is 1. The zero-order chi connectivity index (χ0) is 14.7. The van der Waals surface area contributed by atoms with Crippen LogP contribution in [0.25, 0.3) is 0 Å². The Morgan fingerprint density at radius 2 is 1.95 bits per heavy atom. The van der Waals surface area contributed by atoms with Crippen molar-refractivity contribution < 1.29 is 0 Å². The molecule has 4 nitrogen and oxygen atoms in total. The molecular formula is C17H30N4. The number of hydrogen-bond donors (Lipinski definition) is 1. The number of imidazole rings is 1. The Balaban J connectivity index is 1.64. The maximum Gasteiger partial charge on any atom is 0.0948 e. The number of nitrogens with zero attached hydrogens (tertiary/aromatic N) is 3. The van der Waals surface area contributed by atoms with Crippen molar-refractivity contribution >= 4 is 0 Å². The molecule has 0 spiro atoms. The second-order valence-electron chi connectivity index (χ2n) is 7.35. The molecule has 118 valence electrons. The van der Waals surface area contributed by atoms with Crippen molar-refractivity contribution in [2.24, 2.45) is 5.92 Å². The fraction of sp³-hybridized carbons (Fsp3) is 0.824. The van der Waals surface area contributed by atoms with Crippen LogP contribution < -0.4 is 5.32 Å². The van der Waals surface area contributed by atoms with E-state index in [2.05, 4.69) is 39.8 Å². The summed E-state index contributed by atoms with van der Waals surface area (Å²) in [4.78, 5) is 7.07. The van der Waals surface area contributed by atoms with Gasteiger partial charge in [0.25, 0.3) is 0 Å². The maximum atomic E-state index is 4.46. The molecule has 0 amide bonds. The van der Waals surface area contributed by atoms with Crippen molar-refractivity contribution in [2.45, 2.75) is 51.5 Å². The second kappa shape index (κ2) is 6.49. The Morgan fingerprint density at radius 3 is 2.67 bits per heavy atom. The zero-order valence-corrected chi connectivity index (χ0v) is 13.6. The summed E-state index contributed by atoms with van der Waals surface area (Å²) < 4.78 is 2.42. The highest BCUT2D eigenvalue weighted by Gasteiger charge is 2.31.